The van der Waals surface area contributed by atoms with Crippen LogP contribution in [-0.2, 0) is 16.6 Å². The van der Waals surface area contributed by atoms with Gasteiger partial charge in [-0.3, -0.25) is 19.2 Å². The molecule has 1 unspecified atom stereocenters. The number of aromatic nitrogens is 2. The highest BCUT2D eigenvalue weighted by molar-refractivity contribution is 6.01. The fraction of sp³-hybridized carbons (Fsp3) is 0.476. The predicted octanol–water partition coefficient (Wildman–Crippen LogP) is 0.854. The Labute approximate surface area is 171 Å². The first-order chi connectivity index (χ1) is 14.1. The Morgan fingerprint density at radius 3 is 2.55 bits per heavy atom. The molecule has 154 valence electrons. The molecule has 0 saturated carbocycles. The molecule has 2 fully saturated rings. The van der Waals surface area contributed by atoms with Gasteiger partial charge in [-0.15, -0.1) is 0 Å². The molecule has 1 aromatic carbocycles. The van der Waals surface area contributed by atoms with Crippen molar-refractivity contribution in [3.8, 4) is 0 Å². The lowest BCUT2D eigenvalue weighted by Crippen LogP contribution is -2.48. The number of carbonyl (C=O) groups is 2. The summed E-state index contributed by atoms with van der Waals surface area (Å²) in [6.45, 7) is 5.15. The number of rotatable bonds is 6. The molecule has 2 saturated heterocycles. The smallest absolute Gasteiger partial charge is 0.249 e. The van der Waals surface area contributed by atoms with Crippen molar-refractivity contribution < 1.29 is 9.59 Å². The van der Waals surface area contributed by atoms with Gasteiger partial charge in [-0.05, 0) is 18.6 Å². The van der Waals surface area contributed by atoms with E-state index in [-0.39, 0.29) is 11.8 Å². The van der Waals surface area contributed by atoms with Crippen molar-refractivity contribution in [2.24, 2.45) is 7.05 Å². The summed E-state index contributed by atoms with van der Waals surface area (Å²) < 4.78 is 1.67. The second-order valence-electron chi connectivity index (χ2n) is 7.69. The Bertz CT molecular complexity index is 844. The summed E-state index contributed by atoms with van der Waals surface area (Å²) in [6.07, 6.45) is 4.55. The molecule has 1 N–H and O–H groups in total. The van der Waals surface area contributed by atoms with E-state index >= 15 is 0 Å². The summed E-state index contributed by atoms with van der Waals surface area (Å²) in [5, 5.41) is 7.03. The largest absolute Gasteiger partial charge is 0.369 e. The molecule has 2 aliphatic heterocycles. The van der Waals surface area contributed by atoms with Crippen LogP contribution in [0.1, 0.15) is 12.8 Å². The van der Waals surface area contributed by atoms with Crippen LogP contribution in [0.5, 0.6) is 0 Å². The first-order valence-corrected chi connectivity index (χ1v) is 10.2. The SMILES string of the molecule is Cn1cc(N2CCC(NC(=O)CCN3CCN(c4ccccc4)CC3)C2=O)cn1. The average Bonchev–Trinajstić information content (AvgIpc) is 3.33. The maximum absolute atomic E-state index is 12.6. The van der Waals surface area contributed by atoms with Crippen LogP contribution in [0.15, 0.2) is 42.7 Å². The summed E-state index contributed by atoms with van der Waals surface area (Å²) in [4.78, 5) is 31.4. The molecule has 2 aliphatic rings. The number of benzene rings is 1. The number of anilines is 2. The maximum atomic E-state index is 12.6. The first kappa shape index (κ1) is 19.4. The van der Waals surface area contributed by atoms with Crippen LogP contribution < -0.4 is 15.1 Å². The Kier molecular flexibility index (Phi) is 5.80. The van der Waals surface area contributed by atoms with E-state index in [1.807, 2.05) is 19.3 Å². The number of amides is 2. The number of nitrogens with one attached hydrogen (secondary N) is 1. The van der Waals surface area contributed by atoms with Gasteiger partial charge in [-0.25, -0.2) is 0 Å². The van der Waals surface area contributed by atoms with Crippen molar-refractivity contribution in [2.45, 2.75) is 18.9 Å². The Morgan fingerprint density at radius 1 is 1.10 bits per heavy atom. The molecular weight excluding hydrogens is 368 g/mol. The second-order valence-corrected chi connectivity index (χ2v) is 7.69. The summed E-state index contributed by atoms with van der Waals surface area (Å²) in [5.41, 5.74) is 2.04. The molecule has 0 bridgehead atoms. The van der Waals surface area contributed by atoms with Gasteiger partial charge in [0.25, 0.3) is 0 Å². The molecule has 2 amide bonds. The van der Waals surface area contributed by atoms with E-state index in [4.69, 9.17) is 0 Å². The van der Waals surface area contributed by atoms with E-state index in [1.165, 1.54) is 5.69 Å². The minimum absolute atomic E-state index is 0.0529. The molecule has 0 spiro atoms. The summed E-state index contributed by atoms with van der Waals surface area (Å²) in [5.74, 6) is -0.107. The van der Waals surface area contributed by atoms with Crippen molar-refractivity contribution in [3.05, 3.63) is 42.7 Å². The van der Waals surface area contributed by atoms with Crippen molar-refractivity contribution >= 4 is 23.2 Å². The van der Waals surface area contributed by atoms with Crippen molar-refractivity contribution in [1.82, 2.24) is 20.0 Å². The van der Waals surface area contributed by atoms with E-state index in [0.717, 1.165) is 38.4 Å². The number of nitrogens with zero attached hydrogens (tertiary/aromatic N) is 5. The zero-order chi connectivity index (χ0) is 20.2. The molecule has 0 aliphatic carbocycles. The third-order valence-corrected chi connectivity index (χ3v) is 5.69. The number of aryl methyl sites for hydroxylation is 1. The van der Waals surface area contributed by atoms with E-state index in [2.05, 4.69) is 44.5 Å². The van der Waals surface area contributed by atoms with Crippen molar-refractivity contribution in [2.75, 3.05) is 49.1 Å². The third-order valence-electron chi connectivity index (χ3n) is 5.69. The monoisotopic (exact) mass is 396 g/mol. The van der Waals surface area contributed by atoms with Crippen LogP contribution in [0.3, 0.4) is 0 Å². The zero-order valence-corrected chi connectivity index (χ0v) is 16.8. The molecule has 2 aromatic rings. The van der Waals surface area contributed by atoms with Gasteiger partial charge in [0.15, 0.2) is 0 Å². The maximum Gasteiger partial charge on any atom is 0.249 e. The Hall–Kier alpha value is -2.87. The van der Waals surface area contributed by atoms with Gasteiger partial charge in [0, 0.05) is 64.6 Å². The lowest BCUT2D eigenvalue weighted by molar-refractivity contribution is -0.126. The van der Waals surface area contributed by atoms with Gasteiger partial charge < -0.3 is 15.1 Å². The van der Waals surface area contributed by atoms with Crippen LogP contribution in [-0.4, -0.2) is 71.8 Å². The van der Waals surface area contributed by atoms with E-state index in [1.54, 1.807) is 15.8 Å². The molecular formula is C21H28N6O2. The van der Waals surface area contributed by atoms with Gasteiger partial charge >= 0.3 is 0 Å². The molecule has 8 nitrogen and oxygen atoms in total. The number of piperazine rings is 1. The van der Waals surface area contributed by atoms with Gasteiger partial charge in [0.05, 0.1) is 11.9 Å². The third kappa shape index (κ3) is 4.59. The van der Waals surface area contributed by atoms with Gasteiger partial charge in [0.1, 0.15) is 6.04 Å². The highest BCUT2D eigenvalue weighted by Crippen LogP contribution is 2.21. The van der Waals surface area contributed by atoms with Gasteiger partial charge in [-0.1, -0.05) is 18.2 Å². The first-order valence-electron chi connectivity index (χ1n) is 10.2. The highest BCUT2D eigenvalue weighted by atomic mass is 16.2. The van der Waals surface area contributed by atoms with E-state index in [9.17, 15) is 9.59 Å². The fourth-order valence-electron chi connectivity index (χ4n) is 4.01. The number of para-hydroxylation sites is 1. The van der Waals surface area contributed by atoms with Gasteiger partial charge in [0.2, 0.25) is 11.8 Å². The van der Waals surface area contributed by atoms with Crippen LogP contribution in [0, 0.1) is 0 Å². The standard InChI is InChI=1S/C21H28N6O2/c1-24-16-18(15-22-24)27-10-7-19(21(27)29)23-20(28)8-9-25-11-13-26(14-12-25)17-5-3-2-4-6-17/h2-6,15-16,19H,7-14H2,1H3,(H,23,28). The molecule has 3 heterocycles. The molecule has 29 heavy (non-hydrogen) atoms. The summed E-state index contributed by atoms with van der Waals surface area (Å²) in [6, 6.07) is 9.99. The molecule has 1 aromatic heterocycles. The quantitative estimate of drug-likeness (QED) is 0.784. The van der Waals surface area contributed by atoms with Crippen molar-refractivity contribution in [3.63, 3.8) is 0 Å². The normalized spacial score (nSPS) is 20.3. The Balaban J connectivity index is 1.19. The van der Waals surface area contributed by atoms with Crippen LogP contribution in [0.2, 0.25) is 0 Å². The van der Waals surface area contributed by atoms with Crippen LogP contribution in [0.4, 0.5) is 11.4 Å². The predicted molar refractivity (Wildman–Crippen MR) is 112 cm³/mol. The minimum Gasteiger partial charge on any atom is -0.369 e. The second kappa shape index (κ2) is 8.65. The van der Waals surface area contributed by atoms with Crippen molar-refractivity contribution in [1.29, 1.82) is 0 Å². The van der Waals surface area contributed by atoms with Crippen LogP contribution in [0.25, 0.3) is 0 Å². The molecule has 8 heteroatoms. The highest BCUT2D eigenvalue weighted by Gasteiger charge is 2.34. The average molecular weight is 396 g/mol. The minimum atomic E-state index is -0.433. The molecule has 0 radical (unpaired) electrons. The summed E-state index contributed by atoms with van der Waals surface area (Å²) >= 11 is 0. The number of carbonyl (C=O) groups excluding carboxylic acids is 2. The fourth-order valence-corrected chi connectivity index (χ4v) is 4.01. The zero-order valence-electron chi connectivity index (χ0n) is 16.8. The lowest BCUT2D eigenvalue weighted by Gasteiger charge is -2.36. The lowest BCUT2D eigenvalue weighted by atomic mass is 10.2. The molecule has 4 rings (SSSR count). The Morgan fingerprint density at radius 2 is 1.86 bits per heavy atom. The van der Waals surface area contributed by atoms with E-state index < -0.39 is 6.04 Å². The molecule has 1 atom stereocenters. The van der Waals surface area contributed by atoms with Gasteiger partial charge in [-0.2, -0.15) is 5.10 Å². The van der Waals surface area contributed by atoms with E-state index in [0.29, 0.717) is 19.4 Å². The number of hydrogen-bond donors (Lipinski definition) is 1. The number of hydrogen-bond acceptors (Lipinski definition) is 5. The topological polar surface area (TPSA) is 73.7 Å². The summed E-state index contributed by atoms with van der Waals surface area (Å²) in [7, 11) is 1.82. The van der Waals surface area contributed by atoms with Crippen LogP contribution >= 0.6 is 0 Å².